The van der Waals surface area contributed by atoms with Gasteiger partial charge in [-0.3, -0.25) is 0 Å². The van der Waals surface area contributed by atoms with Crippen molar-refractivity contribution in [1.29, 1.82) is 0 Å². The molecule has 0 radical (unpaired) electrons. The summed E-state index contributed by atoms with van der Waals surface area (Å²) in [6.07, 6.45) is 1.05. The van der Waals surface area contributed by atoms with Gasteiger partial charge in [-0.25, -0.2) is 0 Å². The molecule has 25 heavy (non-hydrogen) atoms. The zero-order chi connectivity index (χ0) is 18.0. The molecule has 2 aromatic rings. The van der Waals surface area contributed by atoms with Gasteiger partial charge in [0.05, 0.1) is 19.9 Å². The van der Waals surface area contributed by atoms with Crippen LogP contribution >= 0.6 is 0 Å². The molecule has 1 unspecified atom stereocenters. The molecule has 1 atom stereocenters. The second-order valence-electron chi connectivity index (χ2n) is 7.15. The Labute approximate surface area is 150 Å². The third-order valence-corrected chi connectivity index (χ3v) is 5.42. The minimum atomic E-state index is 0.136. The first-order chi connectivity index (χ1) is 12.0. The van der Waals surface area contributed by atoms with Crippen molar-refractivity contribution in [2.45, 2.75) is 31.7 Å². The number of rotatable bonds is 6. The van der Waals surface area contributed by atoms with Crippen LogP contribution in [0.3, 0.4) is 0 Å². The molecule has 1 N–H and O–H groups in total. The quantitative estimate of drug-likeness (QED) is 0.850. The predicted molar refractivity (Wildman–Crippen MR) is 104 cm³/mol. The van der Waals surface area contributed by atoms with Crippen LogP contribution in [0.2, 0.25) is 0 Å². The minimum absolute atomic E-state index is 0.136. The van der Waals surface area contributed by atoms with E-state index in [9.17, 15) is 0 Å². The number of methoxy groups -OCH3 is 2. The molecule has 0 saturated carbocycles. The molecule has 0 bridgehead atoms. The SMILES string of the molecule is COc1ccc(NCCC2N(C)c3ccccc3C2(C)C)c(OC)c1. The Bertz CT molecular complexity index is 742. The van der Waals surface area contributed by atoms with Crippen LogP contribution < -0.4 is 19.7 Å². The van der Waals surface area contributed by atoms with E-state index >= 15 is 0 Å². The van der Waals surface area contributed by atoms with Gasteiger partial charge in [0.25, 0.3) is 0 Å². The van der Waals surface area contributed by atoms with E-state index in [0.717, 1.165) is 30.2 Å². The number of fused-ring (bicyclic) bond motifs is 1. The van der Waals surface area contributed by atoms with Gasteiger partial charge in [-0.1, -0.05) is 32.0 Å². The third-order valence-electron chi connectivity index (χ3n) is 5.42. The highest BCUT2D eigenvalue weighted by Gasteiger charge is 2.42. The summed E-state index contributed by atoms with van der Waals surface area (Å²) in [6, 6.07) is 15.1. The average Bonchev–Trinajstić information content (AvgIpc) is 2.82. The number of benzene rings is 2. The maximum atomic E-state index is 5.47. The van der Waals surface area contributed by atoms with Crippen molar-refractivity contribution in [2.75, 3.05) is 38.0 Å². The second-order valence-corrected chi connectivity index (χ2v) is 7.15. The second kappa shape index (κ2) is 6.87. The zero-order valence-electron chi connectivity index (χ0n) is 15.8. The highest BCUT2D eigenvalue weighted by atomic mass is 16.5. The molecular formula is C21H28N2O2. The third kappa shape index (κ3) is 3.13. The summed E-state index contributed by atoms with van der Waals surface area (Å²) in [5.41, 5.74) is 3.92. The van der Waals surface area contributed by atoms with Crippen molar-refractivity contribution < 1.29 is 9.47 Å². The van der Waals surface area contributed by atoms with Gasteiger partial charge in [0.2, 0.25) is 0 Å². The maximum Gasteiger partial charge on any atom is 0.145 e. The lowest BCUT2D eigenvalue weighted by Crippen LogP contribution is -2.40. The van der Waals surface area contributed by atoms with Crippen LogP contribution in [-0.4, -0.2) is 33.9 Å². The normalized spacial score (nSPS) is 18.0. The number of hydrogen-bond acceptors (Lipinski definition) is 4. The molecule has 1 heterocycles. The Morgan fingerprint density at radius 1 is 1.08 bits per heavy atom. The number of nitrogens with zero attached hydrogens (tertiary/aromatic N) is 1. The topological polar surface area (TPSA) is 33.7 Å². The van der Waals surface area contributed by atoms with E-state index in [1.54, 1.807) is 14.2 Å². The van der Waals surface area contributed by atoms with Crippen LogP contribution in [0.5, 0.6) is 11.5 Å². The van der Waals surface area contributed by atoms with Crippen molar-refractivity contribution in [3.05, 3.63) is 48.0 Å². The van der Waals surface area contributed by atoms with E-state index in [2.05, 4.69) is 55.4 Å². The van der Waals surface area contributed by atoms with Gasteiger partial charge in [-0.05, 0) is 30.2 Å². The van der Waals surface area contributed by atoms with Gasteiger partial charge < -0.3 is 19.7 Å². The van der Waals surface area contributed by atoms with Crippen LogP contribution in [0.15, 0.2) is 42.5 Å². The number of nitrogens with one attached hydrogen (secondary N) is 1. The van der Waals surface area contributed by atoms with Gasteiger partial charge in [0.15, 0.2) is 0 Å². The zero-order valence-corrected chi connectivity index (χ0v) is 15.8. The summed E-state index contributed by atoms with van der Waals surface area (Å²) in [7, 11) is 5.55. The Kier molecular flexibility index (Phi) is 4.80. The van der Waals surface area contributed by atoms with Gasteiger partial charge in [0, 0.05) is 36.8 Å². The molecular weight excluding hydrogens is 312 g/mol. The first kappa shape index (κ1) is 17.5. The van der Waals surface area contributed by atoms with Crippen LogP contribution in [0.1, 0.15) is 25.8 Å². The molecule has 0 amide bonds. The molecule has 0 saturated heterocycles. The number of ether oxygens (including phenoxy) is 2. The number of para-hydroxylation sites is 1. The van der Waals surface area contributed by atoms with Gasteiger partial charge in [-0.15, -0.1) is 0 Å². The predicted octanol–water partition coefficient (Wildman–Crippen LogP) is 4.30. The van der Waals surface area contributed by atoms with Crippen LogP contribution in [0, 0.1) is 0 Å². The summed E-state index contributed by atoms with van der Waals surface area (Å²) < 4.78 is 10.7. The standard InChI is InChI=1S/C21H28N2O2/c1-21(2)16-8-6-7-9-18(16)23(3)20(21)12-13-22-17-11-10-15(24-4)14-19(17)25-5/h6-11,14,20,22H,12-13H2,1-5H3. The molecule has 0 spiro atoms. The van der Waals surface area contributed by atoms with E-state index in [1.807, 2.05) is 18.2 Å². The summed E-state index contributed by atoms with van der Waals surface area (Å²) in [5, 5.41) is 3.52. The summed E-state index contributed by atoms with van der Waals surface area (Å²) >= 11 is 0. The van der Waals surface area contributed by atoms with E-state index in [4.69, 9.17) is 9.47 Å². The van der Waals surface area contributed by atoms with Crippen molar-refractivity contribution in [2.24, 2.45) is 0 Å². The molecule has 0 fully saturated rings. The summed E-state index contributed by atoms with van der Waals surface area (Å²) in [6.45, 7) is 5.57. The highest BCUT2D eigenvalue weighted by molar-refractivity contribution is 5.63. The fourth-order valence-electron chi connectivity index (χ4n) is 4.00. The Morgan fingerprint density at radius 3 is 2.52 bits per heavy atom. The first-order valence-corrected chi connectivity index (χ1v) is 8.77. The lowest BCUT2D eigenvalue weighted by atomic mass is 9.79. The fourth-order valence-corrected chi connectivity index (χ4v) is 4.00. The molecule has 0 aliphatic carbocycles. The molecule has 1 aliphatic rings. The van der Waals surface area contributed by atoms with Crippen molar-refractivity contribution in [1.82, 2.24) is 0 Å². The van der Waals surface area contributed by atoms with Crippen molar-refractivity contribution >= 4 is 11.4 Å². The molecule has 0 aromatic heterocycles. The van der Waals surface area contributed by atoms with Crippen LogP contribution in [0.4, 0.5) is 11.4 Å². The van der Waals surface area contributed by atoms with Crippen molar-refractivity contribution in [3.63, 3.8) is 0 Å². The van der Waals surface area contributed by atoms with Crippen LogP contribution in [-0.2, 0) is 5.41 Å². The molecule has 1 aliphatic heterocycles. The first-order valence-electron chi connectivity index (χ1n) is 8.77. The highest BCUT2D eigenvalue weighted by Crippen LogP contribution is 2.45. The lowest BCUT2D eigenvalue weighted by Gasteiger charge is -2.32. The molecule has 3 rings (SSSR count). The van der Waals surface area contributed by atoms with E-state index in [-0.39, 0.29) is 5.41 Å². The van der Waals surface area contributed by atoms with Gasteiger partial charge in [0.1, 0.15) is 11.5 Å². The van der Waals surface area contributed by atoms with E-state index in [0.29, 0.717) is 6.04 Å². The van der Waals surface area contributed by atoms with E-state index < -0.39 is 0 Å². The Morgan fingerprint density at radius 2 is 1.84 bits per heavy atom. The maximum absolute atomic E-state index is 5.47. The molecule has 2 aromatic carbocycles. The van der Waals surface area contributed by atoms with Crippen LogP contribution in [0.25, 0.3) is 0 Å². The van der Waals surface area contributed by atoms with Crippen molar-refractivity contribution in [3.8, 4) is 11.5 Å². The number of likely N-dealkylation sites (N-methyl/N-ethyl adjacent to an activating group) is 1. The Hall–Kier alpha value is -2.36. The monoisotopic (exact) mass is 340 g/mol. The number of hydrogen-bond donors (Lipinski definition) is 1. The Balaban J connectivity index is 1.69. The van der Waals surface area contributed by atoms with Gasteiger partial charge in [-0.2, -0.15) is 0 Å². The fraction of sp³-hybridized carbons (Fsp3) is 0.429. The molecule has 134 valence electrons. The lowest BCUT2D eigenvalue weighted by molar-refractivity contribution is 0.394. The van der Waals surface area contributed by atoms with Gasteiger partial charge >= 0.3 is 0 Å². The summed E-state index contributed by atoms with van der Waals surface area (Å²) in [4.78, 5) is 2.42. The largest absolute Gasteiger partial charge is 0.497 e. The average molecular weight is 340 g/mol. The number of anilines is 2. The smallest absolute Gasteiger partial charge is 0.145 e. The van der Waals surface area contributed by atoms with E-state index in [1.165, 1.54) is 11.3 Å². The molecule has 4 nitrogen and oxygen atoms in total. The summed E-state index contributed by atoms with van der Waals surface area (Å²) in [5.74, 6) is 1.61. The minimum Gasteiger partial charge on any atom is -0.497 e. The molecule has 4 heteroatoms.